The summed E-state index contributed by atoms with van der Waals surface area (Å²) >= 11 is 6.34. The first-order valence-corrected chi connectivity index (χ1v) is 9.64. The zero-order valence-corrected chi connectivity index (χ0v) is 15.9. The first-order valence-electron chi connectivity index (χ1n) is 9.26. The van der Waals surface area contributed by atoms with Gasteiger partial charge in [-0.05, 0) is 74.3 Å². The summed E-state index contributed by atoms with van der Waals surface area (Å²) in [5.41, 5.74) is 2.52. The number of rotatable bonds is 3. The highest BCUT2D eigenvalue weighted by Gasteiger charge is 2.54. The highest BCUT2D eigenvalue weighted by molar-refractivity contribution is 6.32. The summed E-state index contributed by atoms with van der Waals surface area (Å²) in [6.45, 7) is 4.43. The Morgan fingerprint density at radius 3 is 2.58 bits per heavy atom. The minimum absolute atomic E-state index is 0.175. The molecule has 0 radical (unpaired) electrons. The number of hydrogen-bond donors (Lipinski definition) is 0. The molecule has 5 heteroatoms. The van der Waals surface area contributed by atoms with E-state index < -0.39 is 0 Å². The predicted octanol–water partition coefficient (Wildman–Crippen LogP) is 5.71. The van der Waals surface area contributed by atoms with E-state index >= 15 is 0 Å². The smallest absolute Gasteiger partial charge is 0.203 e. The molecule has 2 aromatic heterocycles. The van der Waals surface area contributed by atoms with Gasteiger partial charge in [0.05, 0.1) is 5.02 Å². The molecule has 26 heavy (non-hydrogen) atoms. The van der Waals surface area contributed by atoms with Crippen molar-refractivity contribution in [3.05, 3.63) is 52.9 Å². The Bertz CT molecular complexity index is 1000. The molecule has 2 heterocycles. The first-order chi connectivity index (χ1) is 12.5. The van der Waals surface area contributed by atoms with Gasteiger partial charge in [0, 0.05) is 11.6 Å². The van der Waals surface area contributed by atoms with Gasteiger partial charge in [-0.3, -0.25) is 4.40 Å². The van der Waals surface area contributed by atoms with E-state index in [-0.39, 0.29) is 5.41 Å². The molecular formula is C21H22ClN3O. The number of ether oxygens (including phenoxy) is 1. The molecule has 2 bridgehead atoms. The van der Waals surface area contributed by atoms with E-state index in [1.165, 1.54) is 32.1 Å². The third kappa shape index (κ3) is 2.35. The van der Waals surface area contributed by atoms with Crippen LogP contribution in [0, 0.1) is 12.3 Å². The van der Waals surface area contributed by atoms with E-state index in [0.29, 0.717) is 21.9 Å². The summed E-state index contributed by atoms with van der Waals surface area (Å²) in [5.74, 6) is 2.42. The zero-order valence-electron chi connectivity index (χ0n) is 15.1. The van der Waals surface area contributed by atoms with E-state index in [1.807, 2.05) is 37.3 Å². The largest absolute Gasteiger partial charge is 0.452 e. The van der Waals surface area contributed by atoms with Crippen molar-refractivity contribution in [2.45, 2.75) is 51.4 Å². The van der Waals surface area contributed by atoms with E-state index in [1.54, 1.807) is 0 Å². The standard InChI is InChI=1S/C21H22ClN3O/c1-14-5-6-16(15(22)12-14)26-17-4-3-11-25-18(17)23-24-19(25)21-9-7-20(2,13-21)8-10-21/h3-6,11-12H,7-10,13H2,1-2H3. The average molecular weight is 368 g/mol. The van der Waals surface area contributed by atoms with Crippen LogP contribution in [0.1, 0.15) is 50.4 Å². The lowest BCUT2D eigenvalue weighted by Gasteiger charge is -2.24. The van der Waals surface area contributed by atoms with E-state index in [4.69, 9.17) is 16.3 Å². The van der Waals surface area contributed by atoms with Crippen LogP contribution >= 0.6 is 11.6 Å². The molecule has 2 aliphatic rings. The van der Waals surface area contributed by atoms with Crippen LogP contribution < -0.4 is 4.74 Å². The van der Waals surface area contributed by atoms with Crippen molar-refractivity contribution in [1.82, 2.24) is 14.6 Å². The molecule has 0 amide bonds. The molecule has 2 fully saturated rings. The highest BCUT2D eigenvalue weighted by atomic mass is 35.5. The highest BCUT2D eigenvalue weighted by Crippen LogP contribution is 2.61. The first kappa shape index (κ1) is 16.1. The topological polar surface area (TPSA) is 39.4 Å². The molecule has 0 N–H and O–H groups in total. The quantitative estimate of drug-likeness (QED) is 0.595. The molecule has 2 saturated carbocycles. The van der Waals surface area contributed by atoms with E-state index in [2.05, 4.69) is 27.7 Å². The second kappa shape index (κ2) is 5.46. The zero-order chi connectivity index (χ0) is 17.9. The number of nitrogens with zero attached hydrogens (tertiary/aromatic N) is 3. The van der Waals surface area contributed by atoms with Crippen molar-refractivity contribution in [1.29, 1.82) is 0 Å². The van der Waals surface area contributed by atoms with Crippen molar-refractivity contribution >= 4 is 17.2 Å². The third-order valence-corrected chi connectivity index (χ3v) is 6.66. The van der Waals surface area contributed by atoms with Gasteiger partial charge in [-0.1, -0.05) is 24.6 Å². The summed E-state index contributed by atoms with van der Waals surface area (Å²) in [7, 11) is 0. The van der Waals surface area contributed by atoms with Gasteiger partial charge in [-0.2, -0.15) is 0 Å². The number of aryl methyl sites for hydroxylation is 1. The van der Waals surface area contributed by atoms with Crippen molar-refractivity contribution in [3.63, 3.8) is 0 Å². The molecule has 0 unspecified atom stereocenters. The lowest BCUT2D eigenvalue weighted by atomic mass is 9.82. The van der Waals surface area contributed by atoms with Gasteiger partial charge in [0.2, 0.25) is 5.65 Å². The summed E-state index contributed by atoms with van der Waals surface area (Å²) in [4.78, 5) is 0. The monoisotopic (exact) mass is 367 g/mol. The number of benzene rings is 1. The van der Waals surface area contributed by atoms with Crippen LogP contribution in [-0.4, -0.2) is 14.6 Å². The maximum Gasteiger partial charge on any atom is 0.203 e. The number of halogens is 1. The normalized spacial score (nSPS) is 27.3. The Kier molecular flexibility index (Phi) is 3.39. The molecule has 5 rings (SSSR count). The van der Waals surface area contributed by atoms with Crippen LogP contribution in [0.3, 0.4) is 0 Å². The number of hydrogen-bond acceptors (Lipinski definition) is 3. The molecule has 2 aliphatic carbocycles. The Morgan fingerprint density at radius 2 is 1.88 bits per heavy atom. The lowest BCUT2D eigenvalue weighted by Crippen LogP contribution is -2.23. The Labute approximate surface area is 158 Å². The van der Waals surface area contributed by atoms with Gasteiger partial charge in [-0.25, -0.2) is 0 Å². The fourth-order valence-corrected chi connectivity index (χ4v) is 5.22. The van der Waals surface area contributed by atoms with Gasteiger partial charge >= 0.3 is 0 Å². The van der Waals surface area contributed by atoms with Gasteiger partial charge < -0.3 is 4.74 Å². The van der Waals surface area contributed by atoms with Crippen LogP contribution in [-0.2, 0) is 5.41 Å². The Morgan fingerprint density at radius 1 is 1.08 bits per heavy atom. The summed E-state index contributed by atoms with van der Waals surface area (Å²) in [5, 5.41) is 9.71. The van der Waals surface area contributed by atoms with Crippen LogP contribution in [0.25, 0.3) is 5.65 Å². The summed E-state index contributed by atoms with van der Waals surface area (Å²) in [6.07, 6.45) is 8.26. The molecule has 0 atom stereocenters. The number of fused-ring (bicyclic) bond motifs is 3. The Balaban J connectivity index is 1.56. The molecule has 1 aromatic carbocycles. The fraction of sp³-hybridized carbons (Fsp3) is 0.429. The average Bonchev–Trinajstić information content (AvgIpc) is 3.28. The molecule has 0 saturated heterocycles. The minimum atomic E-state index is 0.175. The molecule has 0 spiro atoms. The maximum absolute atomic E-state index is 6.34. The van der Waals surface area contributed by atoms with Gasteiger partial charge in [0.15, 0.2) is 5.75 Å². The van der Waals surface area contributed by atoms with Crippen LogP contribution in [0.5, 0.6) is 11.5 Å². The van der Waals surface area contributed by atoms with Crippen molar-refractivity contribution in [3.8, 4) is 11.5 Å². The second-order valence-corrected chi connectivity index (χ2v) is 8.80. The molecule has 3 aromatic rings. The van der Waals surface area contributed by atoms with Crippen LogP contribution in [0.15, 0.2) is 36.5 Å². The van der Waals surface area contributed by atoms with Crippen LogP contribution in [0.2, 0.25) is 5.02 Å². The predicted molar refractivity (Wildman–Crippen MR) is 102 cm³/mol. The molecule has 4 nitrogen and oxygen atoms in total. The number of pyridine rings is 1. The molecular weight excluding hydrogens is 346 g/mol. The second-order valence-electron chi connectivity index (χ2n) is 8.39. The van der Waals surface area contributed by atoms with Crippen molar-refractivity contribution < 1.29 is 4.74 Å². The van der Waals surface area contributed by atoms with Crippen molar-refractivity contribution in [2.24, 2.45) is 5.41 Å². The number of aromatic nitrogens is 3. The SMILES string of the molecule is Cc1ccc(Oc2cccn3c(C45CCC(C)(CC4)C5)nnc23)c(Cl)c1. The Hall–Kier alpha value is -2.07. The minimum Gasteiger partial charge on any atom is -0.452 e. The maximum atomic E-state index is 6.34. The van der Waals surface area contributed by atoms with Crippen molar-refractivity contribution in [2.75, 3.05) is 0 Å². The van der Waals surface area contributed by atoms with E-state index in [0.717, 1.165) is 17.0 Å². The van der Waals surface area contributed by atoms with Crippen LogP contribution in [0.4, 0.5) is 0 Å². The lowest BCUT2D eigenvalue weighted by molar-refractivity contribution is 0.325. The summed E-state index contributed by atoms with van der Waals surface area (Å²) < 4.78 is 8.21. The molecule has 0 aliphatic heterocycles. The fourth-order valence-electron chi connectivity index (χ4n) is 4.95. The van der Waals surface area contributed by atoms with Gasteiger partial charge in [0.1, 0.15) is 11.6 Å². The van der Waals surface area contributed by atoms with E-state index in [9.17, 15) is 0 Å². The summed E-state index contributed by atoms with van der Waals surface area (Å²) in [6, 6.07) is 9.72. The van der Waals surface area contributed by atoms with Gasteiger partial charge in [-0.15, -0.1) is 10.2 Å². The third-order valence-electron chi connectivity index (χ3n) is 6.36. The van der Waals surface area contributed by atoms with Gasteiger partial charge in [0.25, 0.3) is 0 Å². The molecule has 134 valence electrons.